The monoisotopic (exact) mass is 367 g/mol. The van der Waals surface area contributed by atoms with Crippen molar-refractivity contribution in [2.45, 2.75) is 27.2 Å². The van der Waals surface area contributed by atoms with Crippen molar-refractivity contribution in [2.24, 2.45) is 5.18 Å². The van der Waals surface area contributed by atoms with Crippen molar-refractivity contribution >= 4 is 19.7 Å². The van der Waals surface area contributed by atoms with Gasteiger partial charge < -0.3 is 0 Å². The van der Waals surface area contributed by atoms with E-state index >= 15 is 0 Å². The molecule has 0 radical (unpaired) electrons. The van der Waals surface area contributed by atoms with Crippen molar-refractivity contribution in [3.63, 3.8) is 0 Å². The predicted octanol–water partition coefficient (Wildman–Crippen LogP) is 2.81. The predicted molar refractivity (Wildman–Crippen MR) is 90.9 cm³/mol. The summed E-state index contributed by atoms with van der Waals surface area (Å²) in [4.78, 5) is 10.2. The van der Waals surface area contributed by atoms with Crippen LogP contribution in [0.2, 0.25) is 0 Å². The molecule has 0 amide bonds. The molecule has 6 nitrogen and oxygen atoms in total. The Balaban J connectivity index is 2.51. The van der Waals surface area contributed by atoms with Crippen LogP contribution in [0.5, 0.6) is 0 Å². The number of benzene rings is 2. The Hall–Kier alpha value is -2.06. The third-order valence-corrected chi connectivity index (χ3v) is 8.76. The van der Waals surface area contributed by atoms with Crippen LogP contribution >= 0.6 is 0 Å². The molecule has 2 rings (SSSR count). The summed E-state index contributed by atoms with van der Waals surface area (Å²) in [5.41, 5.74) is 0. The zero-order chi connectivity index (χ0) is 17.6. The van der Waals surface area contributed by atoms with Gasteiger partial charge >= 0.3 is 0 Å². The van der Waals surface area contributed by atoms with Gasteiger partial charge in [-0.3, -0.25) is 0 Å². The van der Waals surface area contributed by atoms with E-state index in [-0.39, 0.29) is 29.2 Å². The van der Waals surface area contributed by atoms with E-state index in [9.17, 15) is 21.7 Å². The van der Waals surface area contributed by atoms with E-state index in [0.29, 0.717) is 0 Å². The van der Waals surface area contributed by atoms with E-state index in [4.69, 9.17) is 0 Å². The Morgan fingerprint density at radius 3 is 1.54 bits per heavy atom. The Bertz CT molecular complexity index is 809. The summed E-state index contributed by atoms with van der Waals surface area (Å²) in [7, 11) is -8.24. The number of nitroso groups, excluding NO2 is 1. The second-order valence-electron chi connectivity index (χ2n) is 5.14. The second kappa shape index (κ2) is 7.67. The molecule has 0 spiro atoms. The molecule has 2 aromatic carbocycles. The van der Waals surface area contributed by atoms with E-state index in [0.717, 1.165) is 0 Å². The quantitative estimate of drug-likeness (QED) is 0.528. The average Bonchev–Trinajstić information content (AvgIpc) is 2.60. The van der Waals surface area contributed by atoms with Crippen LogP contribution < -0.4 is 0 Å². The van der Waals surface area contributed by atoms with Gasteiger partial charge in [-0.05, 0) is 37.1 Å². The lowest BCUT2D eigenvalue weighted by Gasteiger charge is -2.18. The fourth-order valence-electron chi connectivity index (χ4n) is 2.32. The Kier molecular flexibility index (Phi) is 5.84. The van der Waals surface area contributed by atoms with Gasteiger partial charge in [-0.25, -0.2) is 16.8 Å². The van der Waals surface area contributed by atoms with E-state index < -0.39 is 24.3 Å². The molecule has 24 heavy (non-hydrogen) atoms. The van der Waals surface area contributed by atoms with Gasteiger partial charge in [0.2, 0.25) is 0 Å². The molecule has 0 unspecified atom stereocenters. The minimum atomic E-state index is -4.12. The molecule has 0 saturated heterocycles. The summed E-state index contributed by atoms with van der Waals surface area (Å²) < 4.78 is 49.8. The molecule has 0 saturated carbocycles. The minimum absolute atomic E-state index is 0.0615. The summed E-state index contributed by atoms with van der Waals surface area (Å²) in [6.07, 6.45) is -0.119. The zero-order valence-electron chi connectivity index (χ0n) is 12.8. The summed E-state index contributed by atoms with van der Waals surface area (Å²) in [5.74, 6) is 0. The standard InChI is InChI=1S/C16H17NO5S2/c18-17-13-7-12-16(23(19,20)14-8-3-1-4-9-14)24(21,22)15-10-5-2-6-11-15/h1-6,8-11,16H,7,12-13H2. The highest BCUT2D eigenvalue weighted by atomic mass is 32.3. The number of sulfone groups is 2. The molecule has 0 N–H and O–H groups in total. The lowest BCUT2D eigenvalue weighted by Crippen LogP contribution is -2.31. The maximum Gasteiger partial charge on any atom is 0.195 e. The van der Waals surface area contributed by atoms with Crippen LogP contribution in [0.15, 0.2) is 75.6 Å². The van der Waals surface area contributed by atoms with E-state index in [1.165, 1.54) is 48.5 Å². The highest BCUT2D eigenvalue weighted by molar-refractivity contribution is 8.09. The molecule has 0 bridgehead atoms. The first-order chi connectivity index (χ1) is 11.4. The SMILES string of the molecule is O=NCCCC(S(=O)(=O)c1ccccc1)S(=O)(=O)c1ccccc1. The van der Waals surface area contributed by atoms with Crippen molar-refractivity contribution in [3.05, 3.63) is 65.6 Å². The van der Waals surface area contributed by atoms with Gasteiger partial charge in [0, 0.05) is 0 Å². The molecule has 128 valence electrons. The zero-order valence-corrected chi connectivity index (χ0v) is 14.4. The van der Waals surface area contributed by atoms with Crippen LogP contribution in [-0.4, -0.2) is 28.0 Å². The fraction of sp³-hybridized carbons (Fsp3) is 0.250. The van der Waals surface area contributed by atoms with Crippen molar-refractivity contribution in [2.75, 3.05) is 6.54 Å². The fourth-order valence-corrected chi connectivity index (χ4v) is 6.96. The second-order valence-corrected chi connectivity index (χ2v) is 9.70. The lowest BCUT2D eigenvalue weighted by atomic mass is 10.3. The molecular weight excluding hydrogens is 350 g/mol. The molecule has 2 aromatic rings. The Morgan fingerprint density at radius 2 is 1.17 bits per heavy atom. The van der Waals surface area contributed by atoms with Crippen LogP contribution in [0, 0.1) is 4.91 Å². The van der Waals surface area contributed by atoms with E-state index in [1.807, 2.05) is 0 Å². The third-order valence-electron chi connectivity index (χ3n) is 3.52. The van der Waals surface area contributed by atoms with E-state index in [2.05, 4.69) is 5.18 Å². The molecule has 0 heterocycles. The molecule has 0 aromatic heterocycles. The highest BCUT2D eigenvalue weighted by Gasteiger charge is 2.39. The van der Waals surface area contributed by atoms with Crippen LogP contribution in [0.4, 0.5) is 0 Å². The van der Waals surface area contributed by atoms with Gasteiger partial charge in [-0.2, -0.15) is 4.91 Å². The average molecular weight is 367 g/mol. The van der Waals surface area contributed by atoms with Crippen molar-refractivity contribution in [1.29, 1.82) is 0 Å². The highest BCUT2D eigenvalue weighted by Crippen LogP contribution is 2.28. The molecule has 0 fully saturated rings. The first kappa shape index (κ1) is 18.3. The van der Waals surface area contributed by atoms with Gasteiger partial charge in [0.05, 0.1) is 16.3 Å². The van der Waals surface area contributed by atoms with E-state index in [1.54, 1.807) is 12.1 Å². The summed E-state index contributed by atoms with van der Waals surface area (Å²) in [6, 6.07) is 14.9. The molecule has 0 atom stereocenters. The van der Waals surface area contributed by atoms with Crippen LogP contribution in [0.3, 0.4) is 0 Å². The molecular formula is C16H17NO5S2. The topological polar surface area (TPSA) is 97.7 Å². The lowest BCUT2D eigenvalue weighted by molar-refractivity contribution is 0.565. The number of hydrogen-bond acceptors (Lipinski definition) is 6. The first-order valence-electron chi connectivity index (χ1n) is 7.27. The number of rotatable bonds is 8. The minimum Gasteiger partial charge on any atom is -0.222 e. The molecule has 0 aliphatic heterocycles. The molecule has 0 aliphatic rings. The van der Waals surface area contributed by atoms with Crippen LogP contribution in [0.25, 0.3) is 0 Å². The summed E-state index contributed by atoms with van der Waals surface area (Å²) in [6.45, 7) is -0.134. The van der Waals surface area contributed by atoms with Crippen LogP contribution in [0.1, 0.15) is 12.8 Å². The van der Waals surface area contributed by atoms with Gasteiger partial charge in [-0.1, -0.05) is 41.6 Å². The molecule has 0 aliphatic carbocycles. The number of hydrogen-bond donors (Lipinski definition) is 0. The van der Waals surface area contributed by atoms with Gasteiger partial charge in [0.25, 0.3) is 0 Å². The normalized spacial score (nSPS) is 12.2. The first-order valence-corrected chi connectivity index (χ1v) is 10.4. The van der Waals surface area contributed by atoms with Gasteiger partial charge in [0.15, 0.2) is 24.3 Å². The third kappa shape index (κ3) is 3.88. The van der Waals surface area contributed by atoms with Crippen molar-refractivity contribution in [3.8, 4) is 0 Å². The molecule has 8 heteroatoms. The summed E-state index contributed by atoms with van der Waals surface area (Å²) in [5, 5.41) is 2.68. The van der Waals surface area contributed by atoms with Crippen LogP contribution in [-0.2, 0) is 19.7 Å². The van der Waals surface area contributed by atoms with Gasteiger partial charge in [0.1, 0.15) is 0 Å². The largest absolute Gasteiger partial charge is 0.222 e. The maximum atomic E-state index is 12.9. The summed E-state index contributed by atoms with van der Waals surface area (Å²) >= 11 is 0. The van der Waals surface area contributed by atoms with Crippen molar-refractivity contribution in [1.82, 2.24) is 0 Å². The smallest absolute Gasteiger partial charge is 0.195 e. The maximum absolute atomic E-state index is 12.9. The van der Waals surface area contributed by atoms with Gasteiger partial charge in [-0.15, -0.1) is 0 Å². The Morgan fingerprint density at radius 1 is 0.750 bits per heavy atom. The van der Waals surface area contributed by atoms with Crippen molar-refractivity contribution < 1.29 is 16.8 Å². The Labute approximate surface area is 141 Å². The number of nitrogens with zero attached hydrogens (tertiary/aromatic N) is 1.